The van der Waals surface area contributed by atoms with Crippen LogP contribution in [0.2, 0.25) is 0 Å². The lowest BCUT2D eigenvalue weighted by Gasteiger charge is -2.26. The highest BCUT2D eigenvalue weighted by atomic mass is 16.3. The molecule has 0 aliphatic rings. The Labute approximate surface area is 118 Å². The smallest absolute Gasteiger partial charge is 0.256 e. The van der Waals surface area contributed by atoms with Gasteiger partial charge in [-0.3, -0.25) is 9.48 Å². The Morgan fingerprint density at radius 3 is 2.50 bits per heavy atom. The molecule has 0 saturated carbocycles. The van der Waals surface area contributed by atoms with E-state index in [1.165, 1.54) is 4.90 Å². The Balaban J connectivity index is 2.12. The van der Waals surface area contributed by atoms with E-state index in [1.54, 1.807) is 42.2 Å². The maximum atomic E-state index is 12.3. The van der Waals surface area contributed by atoms with Gasteiger partial charge in [-0.15, -0.1) is 0 Å². The molecule has 2 aromatic rings. The third kappa shape index (κ3) is 2.88. The molecule has 5 heteroatoms. The van der Waals surface area contributed by atoms with Crippen molar-refractivity contribution in [2.75, 3.05) is 7.05 Å². The first-order valence-corrected chi connectivity index (χ1v) is 6.49. The number of carbonyl (C=O) groups excluding carboxylic acids is 1. The van der Waals surface area contributed by atoms with Crippen molar-refractivity contribution in [3.8, 4) is 0 Å². The molecule has 1 N–H and O–H groups in total. The van der Waals surface area contributed by atoms with E-state index in [4.69, 9.17) is 0 Å². The summed E-state index contributed by atoms with van der Waals surface area (Å²) in [5.41, 5.74) is 1.53. The standard InChI is InChI=1S/C15H19N3O2/c1-11(13-9-16-17(2)10-13)18(3)15(20)14(19)12-7-5-4-6-8-12/h4-11,14,19H,1-3H3. The molecular weight excluding hydrogens is 254 g/mol. The number of aromatic nitrogens is 2. The molecule has 1 aromatic heterocycles. The van der Waals surface area contributed by atoms with Crippen molar-refractivity contribution >= 4 is 5.91 Å². The molecule has 1 heterocycles. The van der Waals surface area contributed by atoms with Crippen LogP contribution >= 0.6 is 0 Å². The Hall–Kier alpha value is -2.14. The highest BCUT2D eigenvalue weighted by Crippen LogP contribution is 2.22. The van der Waals surface area contributed by atoms with Gasteiger partial charge in [-0.1, -0.05) is 30.3 Å². The number of carbonyl (C=O) groups is 1. The Bertz CT molecular complexity index is 580. The minimum Gasteiger partial charge on any atom is -0.378 e. The zero-order valence-corrected chi connectivity index (χ0v) is 11.9. The van der Waals surface area contributed by atoms with Gasteiger partial charge < -0.3 is 10.0 Å². The maximum absolute atomic E-state index is 12.3. The summed E-state index contributed by atoms with van der Waals surface area (Å²) in [5.74, 6) is -0.326. The van der Waals surface area contributed by atoms with Gasteiger partial charge in [0.1, 0.15) is 0 Å². The largest absolute Gasteiger partial charge is 0.378 e. The summed E-state index contributed by atoms with van der Waals surface area (Å²) in [6.45, 7) is 1.91. The fraction of sp³-hybridized carbons (Fsp3) is 0.333. The van der Waals surface area contributed by atoms with Gasteiger partial charge >= 0.3 is 0 Å². The van der Waals surface area contributed by atoms with E-state index in [9.17, 15) is 9.90 Å². The van der Waals surface area contributed by atoms with Crippen molar-refractivity contribution in [1.29, 1.82) is 0 Å². The zero-order valence-electron chi connectivity index (χ0n) is 11.9. The molecule has 2 unspecified atom stereocenters. The number of hydrogen-bond acceptors (Lipinski definition) is 3. The molecule has 2 rings (SSSR count). The monoisotopic (exact) mass is 273 g/mol. The summed E-state index contributed by atoms with van der Waals surface area (Å²) in [6.07, 6.45) is 2.45. The lowest BCUT2D eigenvalue weighted by Crippen LogP contribution is -2.33. The summed E-state index contributed by atoms with van der Waals surface area (Å²) in [5, 5.41) is 14.2. The second kappa shape index (κ2) is 5.88. The van der Waals surface area contributed by atoms with E-state index in [2.05, 4.69) is 5.10 Å². The van der Waals surface area contributed by atoms with Crippen LogP contribution in [0.25, 0.3) is 0 Å². The van der Waals surface area contributed by atoms with Crippen LogP contribution in [0.5, 0.6) is 0 Å². The number of nitrogens with zero attached hydrogens (tertiary/aromatic N) is 3. The van der Waals surface area contributed by atoms with Gasteiger partial charge in [-0.25, -0.2) is 0 Å². The number of hydrogen-bond donors (Lipinski definition) is 1. The van der Waals surface area contributed by atoms with E-state index in [0.29, 0.717) is 5.56 Å². The second-order valence-electron chi connectivity index (χ2n) is 4.89. The number of aliphatic hydroxyl groups excluding tert-OH is 1. The van der Waals surface area contributed by atoms with Gasteiger partial charge in [0.15, 0.2) is 6.10 Å². The van der Waals surface area contributed by atoms with Crippen LogP contribution < -0.4 is 0 Å². The molecule has 0 aliphatic carbocycles. The quantitative estimate of drug-likeness (QED) is 0.922. The normalized spacial score (nSPS) is 13.8. The summed E-state index contributed by atoms with van der Waals surface area (Å²) in [7, 11) is 3.52. The van der Waals surface area contributed by atoms with Crippen molar-refractivity contribution in [3.05, 3.63) is 53.9 Å². The van der Waals surface area contributed by atoms with Crippen molar-refractivity contribution in [2.45, 2.75) is 19.1 Å². The average molecular weight is 273 g/mol. The minimum atomic E-state index is -1.14. The van der Waals surface area contributed by atoms with Crippen LogP contribution in [0.4, 0.5) is 0 Å². The van der Waals surface area contributed by atoms with E-state index >= 15 is 0 Å². The van der Waals surface area contributed by atoms with Gasteiger partial charge in [0, 0.05) is 25.9 Å². The van der Waals surface area contributed by atoms with E-state index in [-0.39, 0.29) is 11.9 Å². The number of amides is 1. The maximum Gasteiger partial charge on any atom is 0.256 e. The molecule has 1 amide bonds. The van der Waals surface area contributed by atoms with E-state index < -0.39 is 6.10 Å². The Morgan fingerprint density at radius 1 is 1.30 bits per heavy atom. The number of benzene rings is 1. The number of rotatable bonds is 4. The summed E-state index contributed by atoms with van der Waals surface area (Å²) >= 11 is 0. The van der Waals surface area contributed by atoms with Gasteiger partial charge in [0.05, 0.1) is 12.2 Å². The SMILES string of the molecule is CC(c1cnn(C)c1)N(C)C(=O)C(O)c1ccccc1. The van der Waals surface area contributed by atoms with E-state index in [1.807, 2.05) is 26.2 Å². The topological polar surface area (TPSA) is 58.4 Å². The van der Waals surface area contributed by atoms with E-state index in [0.717, 1.165) is 5.56 Å². The molecule has 0 fully saturated rings. The molecule has 0 bridgehead atoms. The first-order valence-electron chi connectivity index (χ1n) is 6.49. The number of aryl methyl sites for hydroxylation is 1. The molecule has 0 radical (unpaired) electrons. The molecule has 106 valence electrons. The third-order valence-electron chi connectivity index (χ3n) is 3.49. The summed E-state index contributed by atoms with van der Waals surface area (Å²) < 4.78 is 1.69. The average Bonchev–Trinajstić information content (AvgIpc) is 2.91. The number of aliphatic hydroxyl groups is 1. The molecule has 0 aliphatic heterocycles. The molecule has 5 nitrogen and oxygen atoms in total. The lowest BCUT2D eigenvalue weighted by molar-refractivity contribution is -0.141. The van der Waals surface area contributed by atoms with Gasteiger partial charge in [-0.05, 0) is 12.5 Å². The fourth-order valence-corrected chi connectivity index (χ4v) is 2.04. The van der Waals surface area contributed by atoms with Gasteiger partial charge in [-0.2, -0.15) is 5.10 Å². The second-order valence-corrected chi connectivity index (χ2v) is 4.89. The predicted octanol–water partition coefficient (Wildman–Crippen LogP) is 1.67. The van der Waals surface area contributed by atoms with Crippen LogP contribution in [0.1, 0.15) is 30.2 Å². The molecule has 2 atom stereocenters. The number of likely N-dealkylation sites (N-methyl/N-ethyl adjacent to an activating group) is 1. The highest BCUT2D eigenvalue weighted by molar-refractivity contribution is 5.82. The van der Waals surface area contributed by atoms with Crippen LogP contribution in [-0.4, -0.2) is 32.7 Å². The summed E-state index contributed by atoms with van der Waals surface area (Å²) in [4.78, 5) is 13.9. The zero-order chi connectivity index (χ0) is 14.7. The predicted molar refractivity (Wildman–Crippen MR) is 75.8 cm³/mol. The molecular formula is C15H19N3O2. The Kier molecular flexibility index (Phi) is 4.20. The first kappa shape index (κ1) is 14.3. The fourth-order valence-electron chi connectivity index (χ4n) is 2.04. The van der Waals surface area contributed by atoms with Gasteiger partial charge in [0.25, 0.3) is 5.91 Å². The molecule has 1 aromatic carbocycles. The Morgan fingerprint density at radius 2 is 1.95 bits per heavy atom. The molecule has 20 heavy (non-hydrogen) atoms. The lowest BCUT2D eigenvalue weighted by atomic mass is 10.1. The van der Waals surface area contributed by atoms with Crippen molar-refractivity contribution in [3.63, 3.8) is 0 Å². The third-order valence-corrected chi connectivity index (χ3v) is 3.49. The van der Waals surface area contributed by atoms with Crippen LogP contribution in [-0.2, 0) is 11.8 Å². The van der Waals surface area contributed by atoms with Crippen LogP contribution in [0.15, 0.2) is 42.7 Å². The summed E-state index contributed by atoms with van der Waals surface area (Å²) in [6, 6.07) is 8.79. The van der Waals surface area contributed by atoms with Crippen LogP contribution in [0, 0.1) is 0 Å². The van der Waals surface area contributed by atoms with Gasteiger partial charge in [0.2, 0.25) is 0 Å². The van der Waals surface area contributed by atoms with Crippen molar-refractivity contribution < 1.29 is 9.90 Å². The minimum absolute atomic E-state index is 0.144. The highest BCUT2D eigenvalue weighted by Gasteiger charge is 2.25. The van der Waals surface area contributed by atoms with Crippen molar-refractivity contribution in [2.24, 2.45) is 7.05 Å². The first-order chi connectivity index (χ1) is 9.50. The molecule has 0 saturated heterocycles. The van der Waals surface area contributed by atoms with Crippen LogP contribution in [0.3, 0.4) is 0 Å². The van der Waals surface area contributed by atoms with Crippen molar-refractivity contribution in [1.82, 2.24) is 14.7 Å². The molecule has 0 spiro atoms.